The Morgan fingerprint density at radius 1 is 1.18 bits per heavy atom. The summed E-state index contributed by atoms with van der Waals surface area (Å²) < 4.78 is 26.7. The van der Waals surface area contributed by atoms with E-state index >= 15 is 0 Å². The Balaban J connectivity index is 2.57. The summed E-state index contributed by atoms with van der Waals surface area (Å²) in [5, 5.41) is 2.82. The predicted molar refractivity (Wildman–Crippen MR) is 88.1 cm³/mol. The molecule has 1 aromatic carbocycles. The Morgan fingerprint density at radius 2 is 1.82 bits per heavy atom. The number of hydrogen-bond acceptors (Lipinski definition) is 3. The first-order chi connectivity index (χ1) is 10.3. The summed E-state index contributed by atoms with van der Waals surface area (Å²) in [5.41, 5.74) is 0.953. The number of benzene rings is 1. The van der Waals surface area contributed by atoms with Gasteiger partial charge in [-0.3, -0.25) is 4.79 Å². The molecule has 0 bridgehead atoms. The molecule has 2 N–H and O–H groups in total. The minimum absolute atomic E-state index is 0.0251. The van der Waals surface area contributed by atoms with Gasteiger partial charge in [0.25, 0.3) is 0 Å². The Morgan fingerprint density at radius 3 is 2.36 bits per heavy atom. The van der Waals surface area contributed by atoms with Crippen molar-refractivity contribution in [1.29, 1.82) is 0 Å². The van der Waals surface area contributed by atoms with Gasteiger partial charge in [-0.15, -0.1) is 0 Å². The third-order valence-corrected chi connectivity index (χ3v) is 4.57. The molecule has 0 unspecified atom stereocenters. The van der Waals surface area contributed by atoms with E-state index in [1.807, 2.05) is 20.8 Å². The van der Waals surface area contributed by atoms with Crippen LogP contribution in [-0.4, -0.2) is 27.4 Å². The first kappa shape index (κ1) is 18.6. The minimum atomic E-state index is -3.44. The zero-order chi connectivity index (χ0) is 16.6. The Hall–Kier alpha value is -1.40. The van der Waals surface area contributed by atoms with Crippen molar-refractivity contribution < 1.29 is 13.2 Å². The van der Waals surface area contributed by atoms with Crippen LogP contribution in [0.2, 0.25) is 0 Å². The largest absolute Gasteiger partial charge is 0.356 e. The number of sulfonamides is 1. The molecular formula is C16H26N2O3S. The molecule has 0 aliphatic rings. The summed E-state index contributed by atoms with van der Waals surface area (Å²) >= 11 is 0. The second-order valence-corrected chi connectivity index (χ2v) is 7.51. The summed E-state index contributed by atoms with van der Waals surface area (Å²) in [6, 6.07) is 6.69. The van der Waals surface area contributed by atoms with Crippen LogP contribution in [0.5, 0.6) is 0 Å². The lowest BCUT2D eigenvalue weighted by Gasteiger charge is -2.09. The molecule has 0 saturated heterocycles. The van der Waals surface area contributed by atoms with E-state index in [9.17, 15) is 13.2 Å². The van der Waals surface area contributed by atoms with E-state index in [-0.39, 0.29) is 16.7 Å². The summed E-state index contributed by atoms with van der Waals surface area (Å²) in [6.07, 6.45) is 1.94. The van der Waals surface area contributed by atoms with E-state index in [4.69, 9.17) is 0 Å². The molecule has 0 spiro atoms. The van der Waals surface area contributed by atoms with Gasteiger partial charge in [-0.25, -0.2) is 13.1 Å². The molecule has 0 radical (unpaired) electrons. The summed E-state index contributed by atoms with van der Waals surface area (Å²) in [7, 11) is -3.44. The molecule has 6 heteroatoms. The first-order valence-corrected chi connectivity index (χ1v) is 9.18. The third kappa shape index (κ3) is 6.58. The van der Waals surface area contributed by atoms with Crippen LogP contribution in [0.15, 0.2) is 29.2 Å². The normalized spacial score (nSPS) is 11.6. The standard InChI is InChI=1S/C16H26N2O3S/c1-4-11-17-16(19)10-7-14-5-8-15(9-6-14)22(20,21)18-12-13(2)3/h5-6,8-9,13,18H,4,7,10-12H2,1-3H3,(H,17,19). The fraction of sp³-hybridized carbons (Fsp3) is 0.562. The van der Waals surface area contributed by atoms with E-state index in [0.29, 0.717) is 25.9 Å². The number of carbonyl (C=O) groups excluding carboxylic acids is 1. The van der Waals surface area contributed by atoms with E-state index in [1.165, 1.54) is 0 Å². The monoisotopic (exact) mass is 326 g/mol. The molecule has 124 valence electrons. The second-order valence-electron chi connectivity index (χ2n) is 5.74. The van der Waals surface area contributed by atoms with Gasteiger partial charge in [0, 0.05) is 19.5 Å². The Labute approximate surface area is 133 Å². The lowest BCUT2D eigenvalue weighted by molar-refractivity contribution is -0.121. The lowest BCUT2D eigenvalue weighted by Crippen LogP contribution is -2.27. The van der Waals surface area contributed by atoms with Gasteiger partial charge in [0.1, 0.15) is 0 Å². The quantitative estimate of drug-likeness (QED) is 0.729. The number of amides is 1. The molecule has 22 heavy (non-hydrogen) atoms. The maximum atomic E-state index is 12.1. The van der Waals surface area contributed by atoms with Crippen LogP contribution in [0.1, 0.15) is 39.2 Å². The van der Waals surface area contributed by atoms with Crippen LogP contribution in [0.25, 0.3) is 0 Å². The number of carbonyl (C=O) groups is 1. The van der Waals surface area contributed by atoms with Gasteiger partial charge in [0.05, 0.1) is 4.90 Å². The fourth-order valence-corrected chi connectivity index (χ4v) is 3.02. The molecule has 0 aromatic heterocycles. The van der Waals surface area contributed by atoms with E-state index in [2.05, 4.69) is 10.0 Å². The zero-order valence-electron chi connectivity index (χ0n) is 13.6. The fourth-order valence-electron chi connectivity index (χ4n) is 1.81. The zero-order valence-corrected chi connectivity index (χ0v) is 14.4. The molecule has 0 aliphatic carbocycles. The Bertz CT molecular complexity index is 566. The summed E-state index contributed by atoms with van der Waals surface area (Å²) in [5.74, 6) is 0.285. The minimum Gasteiger partial charge on any atom is -0.356 e. The molecule has 1 aromatic rings. The highest BCUT2D eigenvalue weighted by Gasteiger charge is 2.13. The topological polar surface area (TPSA) is 75.3 Å². The van der Waals surface area contributed by atoms with Crippen molar-refractivity contribution in [3.05, 3.63) is 29.8 Å². The molecule has 1 amide bonds. The average molecular weight is 326 g/mol. The van der Waals surface area contributed by atoms with Crippen LogP contribution in [0, 0.1) is 5.92 Å². The molecule has 1 rings (SSSR count). The van der Waals surface area contributed by atoms with Gasteiger partial charge in [-0.2, -0.15) is 0 Å². The van der Waals surface area contributed by atoms with E-state index in [0.717, 1.165) is 12.0 Å². The molecule has 0 saturated carbocycles. The van der Waals surface area contributed by atoms with E-state index in [1.54, 1.807) is 24.3 Å². The van der Waals surface area contributed by atoms with Crippen molar-refractivity contribution >= 4 is 15.9 Å². The van der Waals surface area contributed by atoms with Crippen LogP contribution in [0.4, 0.5) is 0 Å². The van der Waals surface area contributed by atoms with Crippen LogP contribution < -0.4 is 10.0 Å². The van der Waals surface area contributed by atoms with Crippen LogP contribution >= 0.6 is 0 Å². The van der Waals surface area contributed by atoms with Crippen molar-refractivity contribution in [3.63, 3.8) is 0 Å². The number of hydrogen-bond donors (Lipinski definition) is 2. The lowest BCUT2D eigenvalue weighted by atomic mass is 10.1. The Kier molecular flexibility index (Phi) is 7.55. The highest BCUT2D eigenvalue weighted by Crippen LogP contribution is 2.12. The molecule has 5 nitrogen and oxygen atoms in total. The number of nitrogens with one attached hydrogen (secondary N) is 2. The highest BCUT2D eigenvalue weighted by molar-refractivity contribution is 7.89. The predicted octanol–water partition coefficient (Wildman–Crippen LogP) is 2.08. The molecular weight excluding hydrogens is 300 g/mol. The van der Waals surface area contributed by atoms with Crippen LogP contribution in [-0.2, 0) is 21.2 Å². The molecule has 0 aliphatic heterocycles. The van der Waals surface area contributed by atoms with E-state index < -0.39 is 10.0 Å². The van der Waals surface area contributed by atoms with Gasteiger partial charge >= 0.3 is 0 Å². The van der Waals surface area contributed by atoms with Crippen LogP contribution in [0.3, 0.4) is 0 Å². The van der Waals surface area contributed by atoms with Gasteiger partial charge < -0.3 is 5.32 Å². The first-order valence-electron chi connectivity index (χ1n) is 7.70. The van der Waals surface area contributed by atoms with Crippen molar-refractivity contribution in [3.8, 4) is 0 Å². The SMILES string of the molecule is CCCNC(=O)CCc1ccc(S(=O)(=O)NCC(C)C)cc1. The molecule has 0 atom stereocenters. The third-order valence-electron chi connectivity index (χ3n) is 3.13. The maximum Gasteiger partial charge on any atom is 0.240 e. The number of aryl methyl sites for hydroxylation is 1. The average Bonchev–Trinajstić information content (AvgIpc) is 2.49. The summed E-state index contributed by atoms with van der Waals surface area (Å²) in [4.78, 5) is 11.8. The van der Waals surface area contributed by atoms with Gasteiger partial charge in [-0.05, 0) is 36.5 Å². The van der Waals surface area contributed by atoms with Crippen molar-refractivity contribution in [2.75, 3.05) is 13.1 Å². The summed E-state index contributed by atoms with van der Waals surface area (Å²) in [6.45, 7) is 7.02. The van der Waals surface area contributed by atoms with Crippen molar-refractivity contribution in [2.45, 2.75) is 44.9 Å². The van der Waals surface area contributed by atoms with Gasteiger partial charge in [0.2, 0.25) is 15.9 Å². The number of rotatable bonds is 9. The van der Waals surface area contributed by atoms with Crippen molar-refractivity contribution in [1.82, 2.24) is 10.0 Å². The molecule has 0 fully saturated rings. The van der Waals surface area contributed by atoms with Gasteiger partial charge in [0.15, 0.2) is 0 Å². The molecule has 0 heterocycles. The van der Waals surface area contributed by atoms with Gasteiger partial charge in [-0.1, -0.05) is 32.9 Å². The smallest absolute Gasteiger partial charge is 0.240 e. The highest BCUT2D eigenvalue weighted by atomic mass is 32.2. The van der Waals surface area contributed by atoms with Crippen molar-refractivity contribution in [2.24, 2.45) is 5.92 Å². The maximum absolute atomic E-state index is 12.1. The second kappa shape index (κ2) is 8.90.